The summed E-state index contributed by atoms with van der Waals surface area (Å²) in [4.78, 5) is 18.6. The first-order chi connectivity index (χ1) is 8.70. The van der Waals surface area contributed by atoms with Crippen LogP contribution in [0.2, 0.25) is 0 Å². The Morgan fingerprint density at radius 3 is 2.94 bits per heavy atom. The average molecular weight is 247 g/mol. The van der Waals surface area contributed by atoms with E-state index in [4.69, 9.17) is 0 Å². The molecule has 0 spiro atoms. The lowest BCUT2D eigenvalue weighted by Gasteiger charge is -2.07. The molecule has 1 N–H and O–H groups in total. The van der Waals surface area contributed by atoms with Crippen LogP contribution in [-0.2, 0) is 0 Å². The summed E-state index contributed by atoms with van der Waals surface area (Å²) in [6.45, 7) is 2.73. The Morgan fingerprint density at radius 2 is 2.33 bits per heavy atom. The first-order valence-electron chi connectivity index (χ1n) is 5.59. The topological polar surface area (TPSA) is 85.9 Å². The third-order valence-electron chi connectivity index (χ3n) is 2.33. The van der Waals surface area contributed by atoms with Gasteiger partial charge in [-0.2, -0.15) is 0 Å². The van der Waals surface area contributed by atoms with Crippen LogP contribution in [0.5, 0.6) is 0 Å². The number of rotatable bonds is 5. The molecule has 0 aliphatic heterocycles. The Bertz CT molecular complexity index is 538. The standard InChI is InChI=1S/C11H13N5O2/c1-2-3-13-10-6-9(16(17)18)7-11(14-10)15-5-4-12-8-15/h4-8H,2-3H2,1H3,(H,13,14). The van der Waals surface area contributed by atoms with Gasteiger partial charge in [-0.3, -0.25) is 14.7 Å². The van der Waals surface area contributed by atoms with Crippen molar-refractivity contribution in [3.05, 3.63) is 41.0 Å². The molecule has 2 aromatic heterocycles. The highest BCUT2D eigenvalue weighted by Crippen LogP contribution is 2.19. The van der Waals surface area contributed by atoms with Crippen molar-refractivity contribution in [3.63, 3.8) is 0 Å². The van der Waals surface area contributed by atoms with Crippen molar-refractivity contribution in [2.75, 3.05) is 11.9 Å². The van der Waals surface area contributed by atoms with Crippen LogP contribution >= 0.6 is 0 Å². The molecule has 0 bridgehead atoms. The van der Waals surface area contributed by atoms with Crippen LogP contribution in [0.1, 0.15) is 13.3 Å². The lowest BCUT2D eigenvalue weighted by molar-refractivity contribution is -0.384. The Kier molecular flexibility index (Phi) is 3.52. The minimum absolute atomic E-state index is 0.00676. The monoisotopic (exact) mass is 247 g/mol. The van der Waals surface area contributed by atoms with E-state index in [2.05, 4.69) is 15.3 Å². The first kappa shape index (κ1) is 12.0. The van der Waals surface area contributed by atoms with Crippen molar-refractivity contribution < 1.29 is 4.92 Å². The normalized spacial score (nSPS) is 10.3. The predicted octanol–water partition coefficient (Wildman–Crippen LogP) is 2.00. The maximum absolute atomic E-state index is 10.9. The highest BCUT2D eigenvalue weighted by Gasteiger charge is 2.11. The van der Waals surface area contributed by atoms with Crippen molar-refractivity contribution in [2.45, 2.75) is 13.3 Å². The van der Waals surface area contributed by atoms with Crippen LogP contribution in [0.15, 0.2) is 30.9 Å². The van der Waals surface area contributed by atoms with Gasteiger partial charge in [-0.1, -0.05) is 6.92 Å². The van der Waals surface area contributed by atoms with Crippen LogP contribution in [0.4, 0.5) is 11.5 Å². The molecule has 0 saturated heterocycles. The molecule has 0 aromatic carbocycles. The number of nitro groups is 1. The number of aromatic nitrogens is 3. The quantitative estimate of drug-likeness (QED) is 0.645. The van der Waals surface area contributed by atoms with Gasteiger partial charge in [0.25, 0.3) is 5.69 Å². The van der Waals surface area contributed by atoms with Gasteiger partial charge in [0, 0.05) is 18.9 Å². The summed E-state index contributed by atoms with van der Waals surface area (Å²) in [7, 11) is 0. The molecule has 0 radical (unpaired) electrons. The van der Waals surface area contributed by atoms with Gasteiger partial charge in [-0.15, -0.1) is 0 Å². The number of hydrogen-bond acceptors (Lipinski definition) is 5. The number of nitrogens with zero attached hydrogens (tertiary/aromatic N) is 4. The van der Waals surface area contributed by atoms with Gasteiger partial charge in [0.15, 0.2) is 0 Å². The Morgan fingerprint density at radius 1 is 1.50 bits per heavy atom. The molecule has 0 aliphatic carbocycles. The molecule has 2 rings (SSSR count). The SMILES string of the molecule is CCCNc1cc([N+](=O)[O-])cc(-n2ccnc2)n1. The van der Waals surface area contributed by atoms with E-state index in [1.54, 1.807) is 23.3 Å². The molecule has 2 aromatic rings. The van der Waals surface area contributed by atoms with Crippen molar-refractivity contribution in [1.29, 1.82) is 0 Å². The number of hydrogen-bond donors (Lipinski definition) is 1. The summed E-state index contributed by atoms with van der Waals surface area (Å²) in [5.74, 6) is 0.968. The molecule has 0 amide bonds. The molecule has 2 heterocycles. The van der Waals surface area contributed by atoms with Gasteiger partial charge >= 0.3 is 0 Å². The zero-order chi connectivity index (χ0) is 13.0. The maximum atomic E-state index is 10.9. The van der Waals surface area contributed by atoms with E-state index in [0.717, 1.165) is 13.0 Å². The van der Waals surface area contributed by atoms with E-state index in [1.165, 1.54) is 12.1 Å². The van der Waals surface area contributed by atoms with E-state index >= 15 is 0 Å². The highest BCUT2D eigenvalue weighted by molar-refractivity contribution is 5.50. The summed E-state index contributed by atoms with van der Waals surface area (Å²) >= 11 is 0. The summed E-state index contributed by atoms with van der Waals surface area (Å²) in [5.41, 5.74) is 0.00676. The van der Waals surface area contributed by atoms with Gasteiger partial charge in [0.2, 0.25) is 0 Å². The summed E-state index contributed by atoms with van der Waals surface area (Å²) < 4.78 is 1.63. The smallest absolute Gasteiger partial charge is 0.276 e. The van der Waals surface area contributed by atoms with Crippen molar-refractivity contribution in [3.8, 4) is 5.82 Å². The molecule has 0 saturated carbocycles. The Hall–Kier alpha value is -2.44. The van der Waals surface area contributed by atoms with Crippen LogP contribution < -0.4 is 5.32 Å². The van der Waals surface area contributed by atoms with E-state index in [0.29, 0.717) is 11.6 Å². The molecule has 0 atom stereocenters. The maximum Gasteiger partial charge on any atom is 0.276 e. The molecule has 7 heteroatoms. The lowest BCUT2D eigenvalue weighted by atomic mass is 10.3. The summed E-state index contributed by atoms with van der Waals surface area (Å²) in [6.07, 6.45) is 5.76. The molecule has 0 fully saturated rings. The van der Waals surface area contributed by atoms with Gasteiger partial charge in [0.1, 0.15) is 18.0 Å². The fraction of sp³-hybridized carbons (Fsp3) is 0.273. The molecule has 0 unspecified atom stereocenters. The molecular weight excluding hydrogens is 234 g/mol. The molecular formula is C11H13N5O2. The van der Waals surface area contributed by atoms with Crippen LogP contribution in [0, 0.1) is 10.1 Å². The van der Waals surface area contributed by atoms with E-state index in [-0.39, 0.29) is 5.69 Å². The molecule has 0 aliphatic rings. The minimum atomic E-state index is -0.431. The number of anilines is 1. The second-order valence-electron chi connectivity index (χ2n) is 3.72. The Labute approximate surface area is 104 Å². The predicted molar refractivity (Wildman–Crippen MR) is 66.8 cm³/mol. The van der Waals surface area contributed by atoms with Crippen molar-refractivity contribution in [2.24, 2.45) is 0 Å². The van der Waals surface area contributed by atoms with E-state index < -0.39 is 4.92 Å². The summed E-state index contributed by atoms with van der Waals surface area (Å²) in [5, 5.41) is 13.9. The average Bonchev–Trinajstić information content (AvgIpc) is 2.89. The fourth-order valence-electron chi connectivity index (χ4n) is 1.48. The number of nitrogens with one attached hydrogen (secondary N) is 1. The van der Waals surface area contributed by atoms with Crippen LogP contribution in [0.25, 0.3) is 5.82 Å². The second kappa shape index (κ2) is 5.26. The van der Waals surface area contributed by atoms with E-state index in [9.17, 15) is 10.1 Å². The van der Waals surface area contributed by atoms with Gasteiger partial charge in [-0.05, 0) is 6.42 Å². The minimum Gasteiger partial charge on any atom is -0.370 e. The van der Waals surface area contributed by atoms with Crippen molar-refractivity contribution >= 4 is 11.5 Å². The molecule has 7 nitrogen and oxygen atoms in total. The third-order valence-corrected chi connectivity index (χ3v) is 2.33. The first-order valence-corrected chi connectivity index (χ1v) is 5.59. The zero-order valence-electron chi connectivity index (χ0n) is 9.91. The number of imidazole rings is 1. The summed E-state index contributed by atoms with van der Waals surface area (Å²) in [6, 6.07) is 2.84. The van der Waals surface area contributed by atoms with Crippen LogP contribution in [-0.4, -0.2) is 26.0 Å². The second-order valence-corrected chi connectivity index (χ2v) is 3.72. The van der Waals surface area contributed by atoms with Crippen LogP contribution in [0.3, 0.4) is 0 Å². The number of pyridine rings is 1. The fourth-order valence-corrected chi connectivity index (χ4v) is 1.48. The largest absolute Gasteiger partial charge is 0.370 e. The van der Waals surface area contributed by atoms with Gasteiger partial charge in [-0.25, -0.2) is 9.97 Å². The van der Waals surface area contributed by atoms with E-state index in [1.807, 2.05) is 6.92 Å². The Balaban J connectivity index is 2.40. The van der Waals surface area contributed by atoms with Crippen molar-refractivity contribution in [1.82, 2.24) is 14.5 Å². The highest BCUT2D eigenvalue weighted by atomic mass is 16.6. The third kappa shape index (κ3) is 2.62. The van der Waals surface area contributed by atoms with Gasteiger partial charge < -0.3 is 5.32 Å². The van der Waals surface area contributed by atoms with Gasteiger partial charge in [0.05, 0.1) is 17.1 Å². The zero-order valence-corrected chi connectivity index (χ0v) is 9.91. The lowest BCUT2D eigenvalue weighted by Crippen LogP contribution is -2.05. The molecule has 18 heavy (non-hydrogen) atoms. The molecule has 94 valence electrons.